The summed E-state index contributed by atoms with van der Waals surface area (Å²) in [7, 11) is 0. The summed E-state index contributed by atoms with van der Waals surface area (Å²) < 4.78 is 0.511. The lowest BCUT2D eigenvalue weighted by Gasteiger charge is -2.17. The second-order valence-corrected chi connectivity index (χ2v) is 4.84. The molecular formula is C9H14BrN3OS. The van der Waals surface area contributed by atoms with Crippen molar-refractivity contribution in [3.63, 3.8) is 0 Å². The van der Waals surface area contributed by atoms with E-state index in [2.05, 4.69) is 44.6 Å². The molecule has 15 heavy (non-hydrogen) atoms. The molecule has 1 heterocycles. The molecule has 0 saturated heterocycles. The maximum atomic E-state index is 11.3. The molecule has 0 spiro atoms. The number of aromatic nitrogens is 2. The predicted octanol–water partition coefficient (Wildman–Crippen LogP) is 2.09. The summed E-state index contributed by atoms with van der Waals surface area (Å²) in [6, 6.07) is 0.361. The number of halogens is 1. The van der Waals surface area contributed by atoms with Crippen LogP contribution in [0.5, 0.6) is 0 Å². The van der Waals surface area contributed by atoms with Crippen molar-refractivity contribution >= 4 is 33.4 Å². The summed E-state index contributed by atoms with van der Waals surface area (Å²) in [5.74, 6) is 1.01. The van der Waals surface area contributed by atoms with Crippen LogP contribution in [0.15, 0.2) is 15.5 Å². The van der Waals surface area contributed by atoms with Gasteiger partial charge in [-0.2, -0.15) is 16.9 Å². The Bertz CT molecular complexity index is 369. The van der Waals surface area contributed by atoms with E-state index in [0.717, 1.165) is 17.9 Å². The highest BCUT2D eigenvalue weighted by Crippen LogP contribution is 2.18. The molecule has 1 aromatic heterocycles. The van der Waals surface area contributed by atoms with Crippen LogP contribution in [0.3, 0.4) is 0 Å². The number of hydrogen-bond acceptors (Lipinski definition) is 4. The quantitative estimate of drug-likeness (QED) is 0.872. The molecule has 0 fully saturated rings. The largest absolute Gasteiger partial charge is 0.379 e. The van der Waals surface area contributed by atoms with E-state index in [-0.39, 0.29) is 5.56 Å². The average molecular weight is 292 g/mol. The minimum absolute atomic E-state index is 0.209. The summed E-state index contributed by atoms with van der Waals surface area (Å²) in [4.78, 5) is 11.3. The summed E-state index contributed by atoms with van der Waals surface area (Å²) in [6.45, 7) is 2.11. The predicted molar refractivity (Wildman–Crippen MR) is 68.6 cm³/mol. The highest BCUT2D eigenvalue weighted by molar-refractivity contribution is 9.10. The molecule has 4 nitrogen and oxygen atoms in total. The second kappa shape index (κ2) is 6.17. The highest BCUT2D eigenvalue weighted by atomic mass is 79.9. The zero-order valence-electron chi connectivity index (χ0n) is 8.71. The molecule has 0 amide bonds. The van der Waals surface area contributed by atoms with E-state index in [9.17, 15) is 4.79 Å². The fourth-order valence-corrected chi connectivity index (χ4v) is 2.19. The van der Waals surface area contributed by atoms with Gasteiger partial charge in [-0.05, 0) is 28.6 Å². The van der Waals surface area contributed by atoms with Crippen molar-refractivity contribution in [1.29, 1.82) is 0 Å². The first kappa shape index (κ1) is 12.6. The van der Waals surface area contributed by atoms with Gasteiger partial charge in [-0.1, -0.05) is 6.92 Å². The van der Waals surface area contributed by atoms with Gasteiger partial charge in [0.2, 0.25) is 0 Å². The fourth-order valence-electron chi connectivity index (χ4n) is 1.17. The SMILES string of the molecule is CCC(CSC)Nc1cn[nH]c(=O)c1Br. The Balaban J connectivity index is 2.79. The van der Waals surface area contributed by atoms with Gasteiger partial charge in [0.05, 0.1) is 11.9 Å². The molecular weight excluding hydrogens is 278 g/mol. The van der Waals surface area contributed by atoms with E-state index < -0.39 is 0 Å². The Hall–Kier alpha value is -0.490. The third kappa shape index (κ3) is 3.53. The van der Waals surface area contributed by atoms with Gasteiger partial charge in [-0.25, -0.2) is 5.10 Å². The molecule has 0 aliphatic rings. The minimum Gasteiger partial charge on any atom is -0.379 e. The lowest BCUT2D eigenvalue weighted by molar-refractivity contribution is 0.771. The maximum absolute atomic E-state index is 11.3. The van der Waals surface area contributed by atoms with E-state index in [1.165, 1.54) is 0 Å². The average Bonchev–Trinajstić information content (AvgIpc) is 2.24. The lowest BCUT2D eigenvalue weighted by atomic mass is 10.2. The number of H-pyrrole nitrogens is 1. The van der Waals surface area contributed by atoms with E-state index >= 15 is 0 Å². The zero-order valence-corrected chi connectivity index (χ0v) is 11.1. The molecule has 0 saturated carbocycles. The van der Waals surface area contributed by atoms with Crippen LogP contribution in [0.1, 0.15) is 13.3 Å². The Morgan fingerprint density at radius 3 is 3.07 bits per heavy atom. The number of aromatic amines is 1. The Morgan fingerprint density at radius 1 is 1.73 bits per heavy atom. The molecule has 1 aromatic rings. The van der Waals surface area contributed by atoms with Crippen LogP contribution in [-0.4, -0.2) is 28.2 Å². The molecule has 0 bridgehead atoms. The summed E-state index contributed by atoms with van der Waals surface area (Å²) >= 11 is 5.02. The molecule has 0 aromatic carbocycles. The summed E-state index contributed by atoms with van der Waals surface area (Å²) in [6.07, 6.45) is 4.70. The van der Waals surface area contributed by atoms with Gasteiger partial charge in [0.15, 0.2) is 0 Å². The fraction of sp³-hybridized carbons (Fsp3) is 0.556. The normalized spacial score (nSPS) is 12.5. The molecule has 6 heteroatoms. The van der Waals surface area contributed by atoms with Crippen LogP contribution in [0.2, 0.25) is 0 Å². The van der Waals surface area contributed by atoms with Crippen molar-refractivity contribution in [3.8, 4) is 0 Å². The summed E-state index contributed by atoms with van der Waals surface area (Å²) in [5, 5.41) is 9.41. The van der Waals surface area contributed by atoms with Crippen molar-refractivity contribution in [3.05, 3.63) is 21.0 Å². The van der Waals surface area contributed by atoms with Gasteiger partial charge in [-0.15, -0.1) is 0 Å². The lowest BCUT2D eigenvalue weighted by Crippen LogP contribution is -2.23. The van der Waals surface area contributed by atoms with Crippen LogP contribution in [0, 0.1) is 0 Å². The van der Waals surface area contributed by atoms with Gasteiger partial charge in [-0.3, -0.25) is 4.79 Å². The van der Waals surface area contributed by atoms with Crippen LogP contribution in [0.25, 0.3) is 0 Å². The molecule has 1 unspecified atom stereocenters. The molecule has 2 N–H and O–H groups in total. The van der Waals surface area contributed by atoms with E-state index in [0.29, 0.717) is 10.5 Å². The van der Waals surface area contributed by atoms with Crippen molar-refractivity contribution in [2.75, 3.05) is 17.3 Å². The number of thioether (sulfide) groups is 1. The Kier molecular flexibility index (Phi) is 5.17. The van der Waals surface area contributed by atoms with Gasteiger partial charge < -0.3 is 5.32 Å². The molecule has 84 valence electrons. The standard InChI is InChI=1S/C9H14BrN3OS/c1-3-6(5-15-2)12-7-4-11-13-9(14)8(7)10/h4,6H,3,5H2,1-2H3,(H2,12,13,14). The highest BCUT2D eigenvalue weighted by Gasteiger charge is 2.09. The number of nitrogens with one attached hydrogen (secondary N) is 2. The number of rotatable bonds is 5. The smallest absolute Gasteiger partial charge is 0.280 e. The second-order valence-electron chi connectivity index (χ2n) is 3.13. The van der Waals surface area contributed by atoms with Gasteiger partial charge in [0, 0.05) is 11.8 Å². The topological polar surface area (TPSA) is 57.8 Å². The van der Waals surface area contributed by atoms with Gasteiger partial charge in [0.1, 0.15) is 4.47 Å². The molecule has 1 rings (SSSR count). The molecule has 1 atom stereocenters. The van der Waals surface area contributed by atoms with Crippen LogP contribution < -0.4 is 10.9 Å². The third-order valence-electron chi connectivity index (χ3n) is 2.02. The van der Waals surface area contributed by atoms with Crippen molar-refractivity contribution in [2.24, 2.45) is 0 Å². The van der Waals surface area contributed by atoms with Crippen LogP contribution >= 0.6 is 27.7 Å². The first-order chi connectivity index (χ1) is 7.19. The number of nitrogens with zero attached hydrogens (tertiary/aromatic N) is 1. The Labute approximate surface area is 101 Å². The number of hydrogen-bond donors (Lipinski definition) is 2. The van der Waals surface area contributed by atoms with Crippen molar-refractivity contribution in [1.82, 2.24) is 10.2 Å². The van der Waals surface area contributed by atoms with Crippen molar-refractivity contribution < 1.29 is 0 Å². The van der Waals surface area contributed by atoms with E-state index in [4.69, 9.17) is 0 Å². The molecule has 0 aliphatic carbocycles. The van der Waals surface area contributed by atoms with Gasteiger partial charge in [0.25, 0.3) is 5.56 Å². The first-order valence-electron chi connectivity index (χ1n) is 4.67. The molecule has 0 aliphatic heterocycles. The van der Waals surface area contributed by atoms with E-state index in [1.54, 1.807) is 18.0 Å². The molecule has 0 radical (unpaired) electrons. The third-order valence-corrected chi connectivity index (χ3v) is 3.54. The van der Waals surface area contributed by atoms with Crippen LogP contribution in [-0.2, 0) is 0 Å². The number of anilines is 1. The zero-order chi connectivity index (χ0) is 11.3. The van der Waals surface area contributed by atoms with Crippen LogP contribution in [0.4, 0.5) is 5.69 Å². The maximum Gasteiger partial charge on any atom is 0.280 e. The Morgan fingerprint density at radius 2 is 2.47 bits per heavy atom. The van der Waals surface area contributed by atoms with E-state index in [1.807, 2.05) is 0 Å². The van der Waals surface area contributed by atoms with Gasteiger partial charge >= 0.3 is 0 Å². The monoisotopic (exact) mass is 291 g/mol. The first-order valence-corrected chi connectivity index (χ1v) is 6.86. The van der Waals surface area contributed by atoms with Crippen molar-refractivity contribution in [2.45, 2.75) is 19.4 Å². The minimum atomic E-state index is -0.209. The summed E-state index contributed by atoms with van der Waals surface area (Å²) in [5.41, 5.74) is 0.540.